The first-order chi connectivity index (χ1) is 4.22. The quantitative estimate of drug-likeness (QED) is 0.541. The molecule has 9 heavy (non-hydrogen) atoms. The molecule has 2 unspecified atom stereocenters. The van der Waals surface area contributed by atoms with Gasteiger partial charge in [0.05, 0.1) is 5.38 Å². The highest BCUT2D eigenvalue weighted by Gasteiger charge is 2.18. The van der Waals surface area contributed by atoms with Crippen LogP contribution >= 0.6 is 23.2 Å². The van der Waals surface area contributed by atoms with Crippen LogP contribution in [0.3, 0.4) is 0 Å². The Balaban J connectivity index is 2.73. The van der Waals surface area contributed by atoms with E-state index in [2.05, 4.69) is 0 Å². The van der Waals surface area contributed by atoms with E-state index in [1.165, 1.54) is 0 Å². The summed E-state index contributed by atoms with van der Waals surface area (Å²) in [5.41, 5.74) is 0. The fraction of sp³-hybridized carbons (Fsp3) is 0.333. The zero-order valence-electron chi connectivity index (χ0n) is 4.59. The predicted octanol–water partition coefficient (Wildman–Crippen LogP) is 1.65. The van der Waals surface area contributed by atoms with Gasteiger partial charge in [-0.1, -0.05) is 23.8 Å². The van der Waals surface area contributed by atoms with Crippen molar-refractivity contribution in [1.29, 1.82) is 0 Å². The van der Waals surface area contributed by atoms with Crippen LogP contribution in [0.2, 0.25) is 0 Å². The Morgan fingerprint density at radius 3 is 2.67 bits per heavy atom. The van der Waals surface area contributed by atoms with Crippen LogP contribution in [0.25, 0.3) is 0 Å². The number of aliphatic hydroxyl groups excluding tert-OH is 1. The van der Waals surface area contributed by atoms with E-state index in [1.54, 1.807) is 18.2 Å². The molecule has 0 spiro atoms. The lowest BCUT2D eigenvalue weighted by Gasteiger charge is -2.14. The average molecular weight is 165 g/mol. The standard InChI is InChI=1S/C6H6Cl2O/c7-4-2-1-3-5(8)6(4)9/h1-4,6,9H. The normalized spacial score (nSPS) is 34.3. The third-order valence-electron chi connectivity index (χ3n) is 1.13. The van der Waals surface area contributed by atoms with Crippen molar-refractivity contribution >= 4 is 23.2 Å². The van der Waals surface area contributed by atoms with Gasteiger partial charge < -0.3 is 5.11 Å². The molecule has 1 N–H and O–H groups in total. The second-order valence-electron chi connectivity index (χ2n) is 1.83. The first-order valence-electron chi connectivity index (χ1n) is 2.58. The molecule has 1 rings (SSSR count). The van der Waals surface area contributed by atoms with Crippen molar-refractivity contribution in [2.24, 2.45) is 0 Å². The maximum atomic E-state index is 9.06. The van der Waals surface area contributed by atoms with Gasteiger partial charge in [-0.3, -0.25) is 0 Å². The van der Waals surface area contributed by atoms with E-state index in [9.17, 15) is 0 Å². The fourth-order valence-electron chi connectivity index (χ4n) is 0.610. The molecule has 0 aliphatic heterocycles. The molecule has 0 aromatic carbocycles. The molecule has 3 heteroatoms. The third kappa shape index (κ3) is 1.48. The van der Waals surface area contributed by atoms with E-state index >= 15 is 0 Å². The third-order valence-corrected chi connectivity index (χ3v) is 1.87. The molecule has 0 heterocycles. The Bertz CT molecular complexity index is 162. The minimum Gasteiger partial charge on any atom is -0.386 e. The van der Waals surface area contributed by atoms with Gasteiger partial charge in [0, 0.05) is 5.03 Å². The lowest BCUT2D eigenvalue weighted by Crippen LogP contribution is -2.20. The largest absolute Gasteiger partial charge is 0.386 e. The number of allylic oxidation sites excluding steroid dienone is 2. The average Bonchev–Trinajstić information content (AvgIpc) is 1.83. The maximum absolute atomic E-state index is 9.06. The maximum Gasteiger partial charge on any atom is 0.109 e. The van der Waals surface area contributed by atoms with Gasteiger partial charge >= 0.3 is 0 Å². The van der Waals surface area contributed by atoms with Gasteiger partial charge in [0.2, 0.25) is 0 Å². The first-order valence-corrected chi connectivity index (χ1v) is 3.39. The summed E-state index contributed by atoms with van der Waals surface area (Å²) in [6.45, 7) is 0. The van der Waals surface area contributed by atoms with E-state index in [1.807, 2.05) is 0 Å². The summed E-state index contributed by atoms with van der Waals surface area (Å²) >= 11 is 11.1. The molecule has 0 saturated heterocycles. The van der Waals surface area contributed by atoms with Gasteiger partial charge in [0.1, 0.15) is 6.10 Å². The first kappa shape index (κ1) is 7.13. The zero-order valence-corrected chi connectivity index (χ0v) is 6.10. The van der Waals surface area contributed by atoms with Crippen LogP contribution in [0.1, 0.15) is 0 Å². The molecule has 0 aromatic rings. The molecular formula is C6H6Cl2O. The summed E-state index contributed by atoms with van der Waals surface area (Å²) < 4.78 is 0. The lowest BCUT2D eigenvalue weighted by molar-refractivity contribution is 0.224. The van der Waals surface area contributed by atoms with Gasteiger partial charge in [-0.25, -0.2) is 0 Å². The van der Waals surface area contributed by atoms with Crippen LogP contribution in [-0.2, 0) is 0 Å². The van der Waals surface area contributed by atoms with Crippen molar-refractivity contribution in [2.75, 3.05) is 0 Å². The smallest absolute Gasteiger partial charge is 0.109 e. The Kier molecular flexibility index (Phi) is 2.17. The highest BCUT2D eigenvalue weighted by molar-refractivity contribution is 6.32. The summed E-state index contributed by atoms with van der Waals surface area (Å²) in [6.07, 6.45) is 4.33. The van der Waals surface area contributed by atoms with E-state index in [0.717, 1.165) is 0 Å². The molecule has 0 saturated carbocycles. The van der Waals surface area contributed by atoms with E-state index < -0.39 is 6.10 Å². The summed E-state index contributed by atoms with van der Waals surface area (Å²) in [4.78, 5) is 0. The molecule has 0 fully saturated rings. The molecule has 2 atom stereocenters. The fourth-order valence-corrected chi connectivity index (χ4v) is 1.10. The SMILES string of the molecule is OC1C(Cl)=CC=CC1Cl. The van der Waals surface area contributed by atoms with Crippen molar-refractivity contribution in [1.82, 2.24) is 0 Å². The van der Waals surface area contributed by atoms with Gasteiger partial charge in [-0.05, 0) is 6.08 Å². The highest BCUT2D eigenvalue weighted by Crippen LogP contribution is 2.20. The van der Waals surface area contributed by atoms with Crippen molar-refractivity contribution in [3.63, 3.8) is 0 Å². The van der Waals surface area contributed by atoms with Crippen LogP contribution in [0.15, 0.2) is 23.3 Å². The second-order valence-corrected chi connectivity index (χ2v) is 2.77. The van der Waals surface area contributed by atoms with Crippen LogP contribution in [0, 0.1) is 0 Å². The van der Waals surface area contributed by atoms with E-state index in [0.29, 0.717) is 5.03 Å². The van der Waals surface area contributed by atoms with Crippen LogP contribution in [0.4, 0.5) is 0 Å². The number of halogens is 2. The molecule has 0 radical (unpaired) electrons. The summed E-state index contributed by atoms with van der Waals surface area (Å²) in [6, 6.07) is 0. The van der Waals surface area contributed by atoms with Crippen molar-refractivity contribution in [3.8, 4) is 0 Å². The Labute approximate surface area is 63.6 Å². The molecule has 50 valence electrons. The Hall–Kier alpha value is 0.0200. The van der Waals surface area contributed by atoms with Crippen LogP contribution < -0.4 is 0 Å². The van der Waals surface area contributed by atoms with E-state index in [-0.39, 0.29) is 5.38 Å². The molecule has 1 nitrogen and oxygen atoms in total. The molecule has 0 bridgehead atoms. The van der Waals surface area contributed by atoms with Crippen molar-refractivity contribution in [2.45, 2.75) is 11.5 Å². The topological polar surface area (TPSA) is 20.2 Å². The van der Waals surface area contributed by atoms with E-state index in [4.69, 9.17) is 28.3 Å². The number of rotatable bonds is 0. The number of hydrogen-bond donors (Lipinski definition) is 1. The van der Waals surface area contributed by atoms with Gasteiger partial charge in [-0.15, -0.1) is 11.6 Å². The zero-order chi connectivity index (χ0) is 6.85. The lowest BCUT2D eigenvalue weighted by atomic mass is 10.1. The molecule has 1 aliphatic rings. The van der Waals surface area contributed by atoms with Gasteiger partial charge in [0.25, 0.3) is 0 Å². The van der Waals surface area contributed by atoms with Gasteiger partial charge in [-0.2, -0.15) is 0 Å². The second kappa shape index (κ2) is 2.74. The minimum absolute atomic E-state index is 0.373. The number of alkyl halides is 1. The van der Waals surface area contributed by atoms with Gasteiger partial charge in [0.15, 0.2) is 0 Å². The molecular weight excluding hydrogens is 159 g/mol. The van der Waals surface area contributed by atoms with Crippen molar-refractivity contribution < 1.29 is 5.11 Å². The minimum atomic E-state index is -0.724. The molecule has 0 amide bonds. The van der Waals surface area contributed by atoms with Crippen molar-refractivity contribution in [3.05, 3.63) is 23.3 Å². The summed E-state index contributed by atoms with van der Waals surface area (Å²) in [7, 11) is 0. The summed E-state index contributed by atoms with van der Waals surface area (Å²) in [5.74, 6) is 0. The molecule has 0 aromatic heterocycles. The Morgan fingerprint density at radius 2 is 2.22 bits per heavy atom. The summed E-state index contributed by atoms with van der Waals surface area (Å²) in [5, 5.41) is 9.09. The van der Waals surface area contributed by atoms with Crippen LogP contribution in [-0.4, -0.2) is 16.6 Å². The predicted molar refractivity (Wildman–Crippen MR) is 38.7 cm³/mol. The number of aliphatic hydroxyl groups is 1. The highest BCUT2D eigenvalue weighted by atomic mass is 35.5. The molecule has 1 aliphatic carbocycles. The monoisotopic (exact) mass is 164 g/mol. The Morgan fingerprint density at radius 1 is 1.56 bits per heavy atom. The number of hydrogen-bond acceptors (Lipinski definition) is 1. The van der Waals surface area contributed by atoms with Crippen LogP contribution in [0.5, 0.6) is 0 Å².